The van der Waals surface area contributed by atoms with E-state index in [9.17, 15) is 36.6 Å². The number of halogens is 5. The Kier molecular flexibility index (Phi) is 7.14. The Bertz CT molecular complexity index is 1400. The standard InChI is InChI=1S/C24H25F5N6O5/c1-11-18(34-40-33-11)20(37)32-19(12-4-6-23(25,26)7-5-12)21-30-14-8-13(2-3-16(14)39-21)15(10-36)35-9-17(24(27,28)29)31-22(35)38/h2-3,8,12,15,17,19,36H,4-7,9-10H2,1H3,(H,31,38)(H,32,37)/t15-,17-,19-/m0/s1. The van der Waals surface area contributed by atoms with Crippen molar-refractivity contribution in [3.63, 3.8) is 0 Å². The lowest BCUT2D eigenvalue weighted by molar-refractivity contribution is -0.150. The van der Waals surface area contributed by atoms with Crippen molar-refractivity contribution in [2.75, 3.05) is 13.2 Å². The highest BCUT2D eigenvalue weighted by atomic mass is 19.4. The number of hydrogen-bond acceptors (Lipinski definition) is 8. The van der Waals surface area contributed by atoms with Gasteiger partial charge in [-0.15, -0.1) is 0 Å². The number of fused-ring (bicyclic) bond motifs is 1. The number of urea groups is 1. The van der Waals surface area contributed by atoms with Crippen LogP contribution < -0.4 is 10.6 Å². The first kappa shape index (κ1) is 27.7. The van der Waals surface area contributed by atoms with Gasteiger partial charge in [0.1, 0.15) is 23.3 Å². The smallest absolute Gasteiger partial charge is 0.410 e. The van der Waals surface area contributed by atoms with Gasteiger partial charge in [-0.25, -0.2) is 23.2 Å². The second-order valence-corrected chi connectivity index (χ2v) is 10.0. The van der Waals surface area contributed by atoms with E-state index in [1.165, 1.54) is 25.1 Å². The molecule has 40 heavy (non-hydrogen) atoms. The van der Waals surface area contributed by atoms with Gasteiger partial charge >= 0.3 is 12.2 Å². The van der Waals surface area contributed by atoms with Gasteiger partial charge in [0.15, 0.2) is 11.3 Å². The highest BCUT2D eigenvalue weighted by molar-refractivity contribution is 5.93. The molecule has 1 saturated heterocycles. The third-order valence-corrected chi connectivity index (χ3v) is 7.35. The zero-order chi connectivity index (χ0) is 28.8. The van der Waals surface area contributed by atoms with Crippen molar-refractivity contribution in [3.05, 3.63) is 41.0 Å². The number of nitrogens with one attached hydrogen (secondary N) is 2. The zero-order valence-electron chi connectivity index (χ0n) is 21.0. The fourth-order valence-electron chi connectivity index (χ4n) is 5.12. The van der Waals surface area contributed by atoms with Crippen molar-refractivity contribution in [1.82, 2.24) is 30.8 Å². The molecule has 0 unspecified atom stereocenters. The van der Waals surface area contributed by atoms with Crippen molar-refractivity contribution in [2.45, 2.75) is 62.8 Å². The van der Waals surface area contributed by atoms with Gasteiger partial charge in [0.2, 0.25) is 11.8 Å². The van der Waals surface area contributed by atoms with E-state index >= 15 is 0 Å². The maximum atomic E-state index is 13.9. The SMILES string of the molecule is Cc1nonc1C(=O)N[C@H](c1nc2cc([C@H](CO)N3C[C@@H](C(F)(F)F)NC3=O)ccc2o1)C1CCC(F)(F)CC1. The van der Waals surface area contributed by atoms with Gasteiger partial charge in [0.25, 0.3) is 5.91 Å². The number of rotatable bonds is 7. The lowest BCUT2D eigenvalue weighted by Gasteiger charge is -2.32. The van der Waals surface area contributed by atoms with E-state index in [-0.39, 0.29) is 54.1 Å². The molecule has 2 aliphatic rings. The van der Waals surface area contributed by atoms with Gasteiger partial charge in [-0.2, -0.15) is 13.2 Å². The van der Waals surface area contributed by atoms with Crippen LogP contribution in [0.2, 0.25) is 0 Å². The van der Waals surface area contributed by atoms with E-state index < -0.39 is 61.2 Å². The zero-order valence-corrected chi connectivity index (χ0v) is 21.0. The summed E-state index contributed by atoms with van der Waals surface area (Å²) in [6.07, 6.45) is -5.26. The summed E-state index contributed by atoms with van der Waals surface area (Å²) >= 11 is 0. The third-order valence-electron chi connectivity index (χ3n) is 7.35. The molecular weight excluding hydrogens is 547 g/mol. The van der Waals surface area contributed by atoms with Crippen LogP contribution in [0.3, 0.4) is 0 Å². The minimum Gasteiger partial charge on any atom is -0.438 e. The molecule has 0 spiro atoms. The maximum absolute atomic E-state index is 13.9. The molecule has 216 valence electrons. The third kappa shape index (κ3) is 5.44. The maximum Gasteiger partial charge on any atom is 0.410 e. The largest absolute Gasteiger partial charge is 0.438 e. The van der Waals surface area contributed by atoms with Gasteiger partial charge < -0.3 is 25.1 Å². The molecule has 2 fully saturated rings. The van der Waals surface area contributed by atoms with Crippen molar-refractivity contribution < 1.29 is 45.7 Å². The van der Waals surface area contributed by atoms with Gasteiger partial charge in [-0.1, -0.05) is 11.2 Å². The van der Waals surface area contributed by atoms with E-state index in [2.05, 4.69) is 25.2 Å². The number of carbonyl (C=O) groups is 2. The number of aliphatic hydroxyl groups excluding tert-OH is 1. The molecule has 5 rings (SSSR count). The molecule has 1 aliphatic carbocycles. The first-order chi connectivity index (χ1) is 18.9. The number of aliphatic hydroxyl groups is 1. The van der Waals surface area contributed by atoms with E-state index in [0.29, 0.717) is 5.56 Å². The van der Waals surface area contributed by atoms with Gasteiger partial charge in [-0.3, -0.25) is 4.79 Å². The second kappa shape index (κ2) is 10.3. The summed E-state index contributed by atoms with van der Waals surface area (Å²) in [5, 5.41) is 21.7. The number of alkyl halides is 5. The summed E-state index contributed by atoms with van der Waals surface area (Å²) in [4.78, 5) is 30.5. The Labute approximate surface area is 223 Å². The number of amides is 3. The van der Waals surface area contributed by atoms with Crippen LogP contribution in [-0.2, 0) is 0 Å². The van der Waals surface area contributed by atoms with E-state index in [1.54, 1.807) is 0 Å². The Morgan fingerprint density at radius 3 is 2.60 bits per heavy atom. The summed E-state index contributed by atoms with van der Waals surface area (Å²) in [5.41, 5.74) is 0.917. The van der Waals surface area contributed by atoms with Crippen LogP contribution in [0.4, 0.5) is 26.7 Å². The molecule has 16 heteroatoms. The molecular formula is C24H25F5N6O5. The van der Waals surface area contributed by atoms with E-state index in [1.807, 2.05) is 5.32 Å². The summed E-state index contributed by atoms with van der Waals surface area (Å²) in [6.45, 7) is 0.165. The number of aromatic nitrogens is 3. The summed E-state index contributed by atoms with van der Waals surface area (Å²) < 4.78 is 77.7. The molecule has 1 aliphatic heterocycles. The van der Waals surface area contributed by atoms with Crippen LogP contribution in [-0.4, -0.2) is 68.5 Å². The number of benzene rings is 1. The average Bonchev–Trinajstić information content (AvgIpc) is 3.61. The Hall–Kier alpha value is -3.82. The lowest BCUT2D eigenvalue weighted by Crippen LogP contribution is -2.40. The van der Waals surface area contributed by atoms with Crippen molar-refractivity contribution in [3.8, 4) is 0 Å². The van der Waals surface area contributed by atoms with E-state index in [0.717, 1.165) is 4.90 Å². The van der Waals surface area contributed by atoms with Crippen LogP contribution in [0.25, 0.3) is 11.1 Å². The van der Waals surface area contributed by atoms with Gasteiger partial charge in [0.05, 0.1) is 19.2 Å². The fraction of sp³-hybridized carbons (Fsp3) is 0.542. The lowest BCUT2D eigenvalue weighted by atomic mass is 9.82. The minimum absolute atomic E-state index is 0.0291. The molecule has 3 atom stereocenters. The van der Waals surface area contributed by atoms with Crippen molar-refractivity contribution in [1.29, 1.82) is 0 Å². The normalized spacial score (nSPS) is 21.4. The molecule has 0 bridgehead atoms. The Morgan fingerprint density at radius 2 is 2.00 bits per heavy atom. The molecule has 3 aromatic rings. The van der Waals surface area contributed by atoms with Gasteiger partial charge in [-0.05, 0) is 48.5 Å². The summed E-state index contributed by atoms with van der Waals surface area (Å²) in [7, 11) is 0. The molecule has 11 nitrogen and oxygen atoms in total. The molecule has 1 saturated carbocycles. The monoisotopic (exact) mass is 572 g/mol. The highest BCUT2D eigenvalue weighted by Gasteiger charge is 2.48. The molecule has 1 aromatic carbocycles. The fourth-order valence-corrected chi connectivity index (χ4v) is 5.12. The van der Waals surface area contributed by atoms with Crippen LogP contribution in [0.15, 0.2) is 27.2 Å². The summed E-state index contributed by atoms with van der Waals surface area (Å²) in [5.74, 6) is -3.90. The van der Waals surface area contributed by atoms with Crippen molar-refractivity contribution >= 4 is 23.0 Å². The second-order valence-electron chi connectivity index (χ2n) is 10.0. The highest BCUT2D eigenvalue weighted by Crippen LogP contribution is 2.42. The van der Waals surface area contributed by atoms with Gasteiger partial charge in [0, 0.05) is 12.8 Å². The van der Waals surface area contributed by atoms with Crippen LogP contribution in [0.1, 0.15) is 65.4 Å². The van der Waals surface area contributed by atoms with Crippen LogP contribution in [0.5, 0.6) is 0 Å². The van der Waals surface area contributed by atoms with Crippen LogP contribution in [0, 0.1) is 12.8 Å². The minimum atomic E-state index is -4.65. The predicted octanol–water partition coefficient (Wildman–Crippen LogP) is 3.81. The summed E-state index contributed by atoms with van der Waals surface area (Å²) in [6, 6.07) is -0.665. The average molecular weight is 572 g/mol. The number of carbonyl (C=O) groups excluding carboxylic acids is 2. The molecule has 3 amide bonds. The molecule has 3 heterocycles. The Balaban J connectivity index is 1.44. The quantitative estimate of drug-likeness (QED) is 0.363. The Morgan fingerprint density at radius 1 is 1.27 bits per heavy atom. The molecule has 3 N–H and O–H groups in total. The number of oxazole rings is 1. The van der Waals surface area contributed by atoms with Crippen LogP contribution >= 0.6 is 0 Å². The topological polar surface area (TPSA) is 147 Å². The first-order valence-corrected chi connectivity index (χ1v) is 12.5. The molecule has 0 radical (unpaired) electrons. The first-order valence-electron chi connectivity index (χ1n) is 12.5. The number of nitrogens with zero attached hydrogens (tertiary/aromatic N) is 4. The number of hydrogen-bond donors (Lipinski definition) is 3. The predicted molar refractivity (Wildman–Crippen MR) is 125 cm³/mol. The molecule has 2 aromatic heterocycles. The van der Waals surface area contributed by atoms with E-state index in [4.69, 9.17) is 4.42 Å². The van der Waals surface area contributed by atoms with Crippen molar-refractivity contribution in [2.24, 2.45) is 5.92 Å². The number of aryl methyl sites for hydroxylation is 1.